The Morgan fingerprint density at radius 3 is 2.37 bits per heavy atom. The fourth-order valence-corrected chi connectivity index (χ4v) is 3.57. The van der Waals surface area contributed by atoms with Crippen LogP contribution in [0.3, 0.4) is 0 Å². The molecule has 1 aromatic carbocycles. The highest BCUT2D eigenvalue weighted by molar-refractivity contribution is 5.81. The Morgan fingerprint density at radius 2 is 1.80 bits per heavy atom. The molecule has 1 N–H and O–H groups in total. The number of carbonyl (C=O) groups excluding carboxylic acids is 2. The molecule has 0 saturated carbocycles. The lowest BCUT2D eigenvalue weighted by atomic mass is 9.89. The Hall–Kier alpha value is -2.25. The van der Waals surface area contributed by atoms with Gasteiger partial charge in [-0.25, -0.2) is 9.59 Å². The Bertz CT molecular complexity index is 725. The third kappa shape index (κ3) is 7.88. The topological polar surface area (TPSA) is 64.6 Å². The molecule has 5 nitrogen and oxygen atoms in total. The molecule has 1 aromatic rings. The van der Waals surface area contributed by atoms with Gasteiger partial charge in [0.15, 0.2) is 0 Å². The summed E-state index contributed by atoms with van der Waals surface area (Å²) < 4.78 is 48.9. The maximum absolute atomic E-state index is 12.7. The van der Waals surface area contributed by atoms with Crippen molar-refractivity contribution in [3.8, 4) is 0 Å². The van der Waals surface area contributed by atoms with E-state index < -0.39 is 35.4 Å². The summed E-state index contributed by atoms with van der Waals surface area (Å²) >= 11 is 0. The van der Waals surface area contributed by atoms with Crippen LogP contribution in [0.25, 0.3) is 0 Å². The van der Waals surface area contributed by atoms with Crippen LogP contribution in [-0.2, 0) is 26.9 Å². The van der Waals surface area contributed by atoms with Crippen molar-refractivity contribution >= 4 is 12.1 Å². The fourth-order valence-electron chi connectivity index (χ4n) is 3.57. The largest absolute Gasteiger partial charge is 0.461 e. The zero-order valence-corrected chi connectivity index (χ0v) is 17.8. The van der Waals surface area contributed by atoms with Crippen molar-refractivity contribution in [3.63, 3.8) is 0 Å². The van der Waals surface area contributed by atoms with Crippen LogP contribution in [0, 0.1) is 5.92 Å². The molecule has 30 heavy (non-hydrogen) atoms. The van der Waals surface area contributed by atoms with Gasteiger partial charge in [-0.1, -0.05) is 18.6 Å². The SMILES string of the molecule is C[C@H]1C[C@@H](Cc2ccc(C(F)(F)F)cc2)CCC[C@H](NC(=O)OC(C)(C)C)C(=O)O1. The fraction of sp³-hybridized carbons (Fsp3) is 0.636. The summed E-state index contributed by atoms with van der Waals surface area (Å²) in [6.45, 7) is 7.00. The van der Waals surface area contributed by atoms with Crippen LogP contribution in [0.2, 0.25) is 0 Å². The molecule has 1 heterocycles. The number of nitrogens with one attached hydrogen (secondary N) is 1. The first kappa shape index (κ1) is 24.0. The predicted octanol–water partition coefficient (Wildman–Crippen LogP) is 5.26. The highest BCUT2D eigenvalue weighted by Gasteiger charge is 2.31. The third-order valence-electron chi connectivity index (χ3n) is 4.87. The molecule has 1 aliphatic heterocycles. The molecule has 168 valence electrons. The van der Waals surface area contributed by atoms with Gasteiger partial charge in [-0.2, -0.15) is 13.2 Å². The minimum atomic E-state index is -4.35. The average Bonchev–Trinajstić information content (AvgIpc) is 2.63. The zero-order chi connectivity index (χ0) is 22.5. The molecule has 1 saturated heterocycles. The van der Waals surface area contributed by atoms with Crippen LogP contribution < -0.4 is 5.32 Å². The second-order valence-corrected chi connectivity index (χ2v) is 8.88. The molecule has 1 aliphatic rings. The molecule has 0 aromatic heterocycles. The monoisotopic (exact) mass is 429 g/mol. The van der Waals surface area contributed by atoms with E-state index >= 15 is 0 Å². The van der Waals surface area contributed by atoms with Gasteiger partial charge < -0.3 is 14.8 Å². The molecular formula is C22H30F3NO4. The molecule has 1 amide bonds. The lowest BCUT2D eigenvalue weighted by Crippen LogP contribution is -2.44. The summed E-state index contributed by atoms with van der Waals surface area (Å²) in [5, 5.41) is 2.58. The molecule has 0 unspecified atom stereocenters. The van der Waals surface area contributed by atoms with Gasteiger partial charge >= 0.3 is 18.2 Å². The van der Waals surface area contributed by atoms with Gasteiger partial charge in [-0.3, -0.25) is 0 Å². The number of rotatable bonds is 3. The van der Waals surface area contributed by atoms with Crippen LogP contribution in [0.1, 0.15) is 64.5 Å². The van der Waals surface area contributed by atoms with Crippen LogP contribution in [-0.4, -0.2) is 29.8 Å². The lowest BCUT2D eigenvalue weighted by molar-refractivity contribution is -0.151. The van der Waals surface area contributed by atoms with Crippen molar-refractivity contribution in [2.24, 2.45) is 5.92 Å². The molecule has 0 spiro atoms. The molecule has 3 atom stereocenters. The van der Waals surface area contributed by atoms with Crippen LogP contribution in [0.15, 0.2) is 24.3 Å². The normalized spacial score (nSPS) is 23.6. The summed E-state index contributed by atoms with van der Waals surface area (Å²) in [7, 11) is 0. The molecule has 0 aliphatic carbocycles. The Balaban J connectivity index is 1.98. The first-order chi connectivity index (χ1) is 13.8. The summed E-state index contributed by atoms with van der Waals surface area (Å²) in [4.78, 5) is 24.4. The first-order valence-electron chi connectivity index (χ1n) is 10.2. The number of benzene rings is 1. The molecule has 8 heteroatoms. The number of carbonyl (C=O) groups is 2. The van der Waals surface area contributed by atoms with Crippen molar-refractivity contribution in [3.05, 3.63) is 35.4 Å². The highest BCUT2D eigenvalue weighted by Crippen LogP contribution is 2.30. The summed E-state index contributed by atoms with van der Waals surface area (Å²) in [5.74, 6) is -0.339. The number of ether oxygens (including phenoxy) is 2. The number of cyclic esters (lactones) is 1. The highest BCUT2D eigenvalue weighted by atomic mass is 19.4. The summed E-state index contributed by atoms with van der Waals surface area (Å²) in [5.41, 5.74) is -0.528. The smallest absolute Gasteiger partial charge is 0.416 e. The first-order valence-corrected chi connectivity index (χ1v) is 10.2. The van der Waals surface area contributed by atoms with E-state index in [2.05, 4.69) is 5.32 Å². The van der Waals surface area contributed by atoms with Crippen LogP contribution in [0.4, 0.5) is 18.0 Å². The number of esters is 1. The van der Waals surface area contributed by atoms with Crippen LogP contribution >= 0.6 is 0 Å². The number of alkyl carbamates (subject to hydrolysis) is 1. The standard InChI is InChI=1S/C22H30F3NO4/c1-14-12-16(13-15-8-10-17(11-9-15)22(23,24)25)6-5-7-18(19(27)29-14)26-20(28)30-21(2,3)4/h8-11,14,16,18H,5-7,12-13H2,1-4H3,(H,26,28)/t14-,16-,18-/m0/s1. The van der Waals surface area contributed by atoms with E-state index in [9.17, 15) is 22.8 Å². The summed E-state index contributed by atoms with van der Waals surface area (Å²) in [6.07, 6.45) is -2.32. The number of amides is 1. The number of hydrogen-bond donors (Lipinski definition) is 1. The lowest BCUT2D eigenvalue weighted by Gasteiger charge is -2.23. The van der Waals surface area contributed by atoms with Crippen molar-refractivity contribution in [2.75, 3.05) is 0 Å². The van der Waals surface area contributed by atoms with E-state index in [0.29, 0.717) is 25.7 Å². The zero-order valence-electron chi connectivity index (χ0n) is 17.8. The molecule has 2 rings (SSSR count). The van der Waals surface area contributed by atoms with Gasteiger partial charge in [0, 0.05) is 0 Å². The number of halogens is 3. The minimum Gasteiger partial charge on any atom is -0.461 e. The maximum Gasteiger partial charge on any atom is 0.416 e. The second-order valence-electron chi connectivity index (χ2n) is 8.88. The van der Waals surface area contributed by atoms with Gasteiger partial charge in [0.2, 0.25) is 0 Å². The van der Waals surface area contributed by atoms with E-state index in [-0.39, 0.29) is 12.0 Å². The van der Waals surface area contributed by atoms with Gasteiger partial charge in [0.1, 0.15) is 11.6 Å². The van der Waals surface area contributed by atoms with Crippen molar-refractivity contribution < 1.29 is 32.2 Å². The van der Waals surface area contributed by atoms with Crippen molar-refractivity contribution in [1.29, 1.82) is 0 Å². The number of alkyl halides is 3. The van der Waals surface area contributed by atoms with Gasteiger partial charge in [-0.15, -0.1) is 0 Å². The van der Waals surface area contributed by atoms with E-state index in [4.69, 9.17) is 9.47 Å². The Kier molecular flexibility index (Phi) is 7.77. The summed E-state index contributed by atoms with van der Waals surface area (Å²) in [6, 6.07) is 4.40. The third-order valence-corrected chi connectivity index (χ3v) is 4.87. The second kappa shape index (κ2) is 9.71. The van der Waals surface area contributed by atoms with Gasteiger partial charge in [0.05, 0.1) is 11.7 Å². The molecule has 0 radical (unpaired) electrons. The average molecular weight is 429 g/mol. The molecule has 0 bridgehead atoms. The quantitative estimate of drug-likeness (QED) is 0.666. The molecule has 1 fully saturated rings. The van der Waals surface area contributed by atoms with E-state index in [1.165, 1.54) is 12.1 Å². The van der Waals surface area contributed by atoms with Gasteiger partial charge in [0.25, 0.3) is 0 Å². The van der Waals surface area contributed by atoms with Crippen LogP contribution in [0.5, 0.6) is 0 Å². The van der Waals surface area contributed by atoms with Gasteiger partial charge in [-0.05, 0) is 77.0 Å². The minimum absolute atomic E-state index is 0.157. The Morgan fingerprint density at radius 1 is 1.17 bits per heavy atom. The predicted molar refractivity (Wildman–Crippen MR) is 106 cm³/mol. The van der Waals surface area contributed by atoms with Crippen molar-refractivity contribution in [2.45, 2.75) is 83.7 Å². The Labute approximate surface area is 175 Å². The number of hydrogen-bond acceptors (Lipinski definition) is 4. The van der Waals surface area contributed by atoms with E-state index in [1.54, 1.807) is 27.7 Å². The van der Waals surface area contributed by atoms with Crippen molar-refractivity contribution in [1.82, 2.24) is 5.32 Å². The molecular weight excluding hydrogens is 399 g/mol. The maximum atomic E-state index is 12.7. The van der Waals surface area contributed by atoms with E-state index in [0.717, 1.165) is 24.1 Å². The van der Waals surface area contributed by atoms with E-state index in [1.807, 2.05) is 0 Å².